The quantitative estimate of drug-likeness (QED) is 0.458. The fourth-order valence-electron chi connectivity index (χ4n) is 1.62. The molecule has 166 valence electrons. The summed E-state index contributed by atoms with van der Waals surface area (Å²) in [6.45, 7) is 0. The number of hydrogen-bond acceptors (Lipinski definition) is 4. The average molecular weight is 452 g/mol. The number of quaternary nitrogens is 1. The van der Waals surface area contributed by atoms with Crippen molar-refractivity contribution in [1.29, 1.82) is 0 Å². The summed E-state index contributed by atoms with van der Waals surface area (Å²) < 4.78 is 142. The van der Waals surface area contributed by atoms with Gasteiger partial charge in [-0.25, -0.2) is 5.21 Å². The van der Waals surface area contributed by atoms with Crippen molar-refractivity contribution in [3.8, 4) is 0 Å². The Bertz CT molecular complexity index is 750. The highest BCUT2D eigenvalue weighted by atomic mass is 19.4. The molecule has 1 aromatic carbocycles. The number of anilines is 1. The molecule has 1 unspecified atom stereocenters. The van der Waals surface area contributed by atoms with E-state index in [9.17, 15) is 58.3 Å². The number of nitrogens with one attached hydrogen (secondary N) is 2. The van der Waals surface area contributed by atoms with Gasteiger partial charge >= 0.3 is 30.2 Å². The van der Waals surface area contributed by atoms with Gasteiger partial charge in [0.25, 0.3) is 5.91 Å². The molecule has 17 heteroatoms. The van der Waals surface area contributed by atoms with Crippen LogP contribution in [0.5, 0.6) is 0 Å². The SMILES string of the molecule is O=C(Nc1ccccc1[NH+]([O-])O)[C@](F)(OC(F)(F)C(F)(F)C(F)(F)F)C(F)(F)F. The molecule has 0 bridgehead atoms. The van der Waals surface area contributed by atoms with E-state index < -0.39 is 52.7 Å². The van der Waals surface area contributed by atoms with Crippen molar-refractivity contribution < 1.29 is 68.3 Å². The molecule has 6 nitrogen and oxygen atoms in total. The third-order valence-corrected chi connectivity index (χ3v) is 3.05. The minimum absolute atomic E-state index is 0.542. The molecule has 1 amide bonds. The second-order valence-electron chi connectivity index (χ2n) is 5.09. The Morgan fingerprint density at radius 1 is 0.931 bits per heavy atom. The lowest BCUT2D eigenvalue weighted by molar-refractivity contribution is -0.990. The fraction of sp³-hybridized carbons (Fsp3) is 0.417. The van der Waals surface area contributed by atoms with Crippen molar-refractivity contribution in [2.45, 2.75) is 30.2 Å². The molecule has 2 atom stereocenters. The van der Waals surface area contributed by atoms with Crippen LogP contribution in [-0.4, -0.2) is 41.4 Å². The minimum Gasteiger partial charge on any atom is -0.595 e. The Morgan fingerprint density at radius 2 is 1.41 bits per heavy atom. The minimum atomic E-state index is -7.33. The first-order chi connectivity index (χ1) is 12.8. The molecule has 0 heterocycles. The number of benzene rings is 1. The van der Waals surface area contributed by atoms with E-state index >= 15 is 0 Å². The van der Waals surface area contributed by atoms with Crippen LogP contribution in [0.3, 0.4) is 0 Å². The van der Waals surface area contributed by atoms with E-state index in [1.807, 2.05) is 0 Å². The molecular weight excluding hydrogens is 445 g/mol. The Kier molecular flexibility index (Phi) is 6.45. The van der Waals surface area contributed by atoms with Crippen molar-refractivity contribution in [2.24, 2.45) is 0 Å². The number of para-hydroxylation sites is 2. The van der Waals surface area contributed by atoms with Crippen LogP contribution in [-0.2, 0) is 9.53 Å². The van der Waals surface area contributed by atoms with Crippen LogP contribution in [0.4, 0.5) is 59.7 Å². The van der Waals surface area contributed by atoms with E-state index in [0.29, 0.717) is 12.1 Å². The maximum atomic E-state index is 14.0. The van der Waals surface area contributed by atoms with Gasteiger partial charge in [0, 0.05) is 6.07 Å². The zero-order valence-electron chi connectivity index (χ0n) is 13.1. The molecule has 0 radical (unpaired) electrons. The molecule has 0 aliphatic heterocycles. The van der Waals surface area contributed by atoms with Crippen LogP contribution >= 0.6 is 0 Å². The Morgan fingerprint density at radius 3 is 1.83 bits per heavy atom. The van der Waals surface area contributed by atoms with Crippen LogP contribution < -0.4 is 10.5 Å². The van der Waals surface area contributed by atoms with Gasteiger partial charge in [0.05, 0.1) is 0 Å². The van der Waals surface area contributed by atoms with Gasteiger partial charge in [-0.3, -0.25) is 9.53 Å². The monoisotopic (exact) mass is 452 g/mol. The van der Waals surface area contributed by atoms with Gasteiger partial charge in [-0.1, -0.05) is 12.1 Å². The maximum Gasteiger partial charge on any atom is 0.462 e. The summed E-state index contributed by atoms with van der Waals surface area (Å²) in [7, 11) is 0. The number of halogens is 11. The van der Waals surface area contributed by atoms with Crippen LogP contribution in [0.1, 0.15) is 0 Å². The summed E-state index contributed by atoms with van der Waals surface area (Å²) in [5.41, 5.74) is -2.14. The highest BCUT2D eigenvalue weighted by Gasteiger charge is 2.79. The topological polar surface area (TPSA) is 86.1 Å². The van der Waals surface area contributed by atoms with E-state index in [1.165, 1.54) is 0 Å². The van der Waals surface area contributed by atoms with Crippen LogP contribution in [0.15, 0.2) is 24.3 Å². The summed E-state index contributed by atoms with van der Waals surface area (Å²) in [6.07, 6.45) is -21.3. The molecular formula is C12H7F11N2O4. The second-order valence-corrected chi connectivity index (χ2v) is 5.09. The highest BCUT2D eigenvalue weighted by Crippen LogP contribution is 2.51. The largest absolute Gasteiger partial charge is 0.595 e. The zero-order chi connectivity index (χ0) is 23.1. The predicted octanol–water partition coefficient (Wildman–Crippen LogP) is 3.06. The molecule has 0 aromatic heterocycles. The Hall–Kier alpha value is -2.24. The third-order valence-electron chi connectivity index (χ3n) is 3.05. The molecule has 0 saturated heterocycles. The Labute approximate surface area is 152 Å². The van der Waals surface area contributed by atoms with Crippen LogP contribution in [0, 0.1) is 5.21 Å². The van der Waals surface area contributed by atoms with Gasteiger partial charge in [0.15, 0.2) is 5.69 Å². The summed E-state index contributed by atoms with van der Waals surface area (Å²) in [5.74, 6) is -17.1. The molecule has 3 N–H and O–H groups in total. The van der Waals surface area contributed by atoms with Crippen molar-refractivity contribution in [1.82, 2.24) is 0 Å². The zero-order valence-corrected chi connectivity index (χ0v) is 13.1. The van der Waals surface area contributed by atoms with Gasteiger partial charge in [-0.2, -0.15) is 53.5 Å². The number of rotatable bonds is 6. The number of hydrogen-bond donors (Lipinski definition) is 3. The molecule has 0 saturated carbocycles. The van der Waals surface area contributed by atoms with Crippen LogP contribution in [0.2, 0.25) is 0 Å². The lowest BCUT2D eigenvalue weighted by Crippen LogP contribution is -2.99. The lowest BCUT2D eigenvalue weighted by atomic mass is 10.2. The Balaban J connectivity index is 3.38. The van der Waals surface area contributed by atoms with E-state index in [1.54, 1.807) is 0 Å². The van der Waals surface area contributed by atoms with Gasteiger partial charge in [0.1, 0.15) is 5.69 Å². The highest BCUT2D eigenvalue weighted by molar-refractivity contribution is 5.98. The average Bonchev–Trinajstić information content (AvgIpc) is 2.52. The summed E-state index contributed by atoms with van der Waals surface area (Å²) >= 11 is 0. The predicted molar refractivity (Wildman–Crippen MR) is 67.8 cm³/mol. The van der Waals surface area contributed by atoms with Crippen molar-refractivity contribution in [3.63, 3.8) is 0 Å². The fourth-order valence-corrected chi connectivity index (χ4v) is 1.62. The maximum absolute atomic E-state index is 14.0. The smallest absolute Gasteiger partial charge is 0.462 e. The van der Waals surface area contributed by atoms with Crippen LogP contribution in [0.25, 0.3) is 0 Å². The summed E-state index contributed by atoms with van der Waals surface area (Å²) in [4.78, 5) is 11.5. The molecule has 1 aromatic rings. The lowest BCUT2D eigenvalue weighted by Gasteiger charge is -2.34. The van der Waals surface area contributed by atoms with Gasteiger partial charge < -0.3 is 10.5 Å². The van der Waals surface area contributed by atoms with Gasteiger partial charge in [-0.15, -0.1) is 0 Å². The third kappa shape index (κ3) is 4.68. The number of carbonyl (C=O) groups excluding carboxylic acids is 1. The van der Waals surface area contributed by atoms with Crippen molar-refractivity contribution in [2.75, 3.05) is 5.32 Å². The second kappa shape index (κ2) is 7.54. The first-order valence-corrected chi connectivity index (χ1v) is 6.70. The normalized spacial score (nSPS) is 16.9. The molecule has 29 heavy (non-hydrogen) atoms. The van der Waals surface area contributed by atoms with E-state index in [0.717, 1.165) is 17.4 Å². The standard InChI is InChI=1S/C12H7F11N2O4/c13-8(10(16,17)18,29-12(22,23)9(14,15)11(19,20)21)7(26)24-5-3-1-2-4-6(5)25(27)28/h1-4,25,27H,(H,24,26)/t8-/m0/s1. The number of carbonyl (C=O) groups is 1. The number of amides is 1. The van der Waals surface area contributed by atoms with E-state index in [-0.39, 0.29) is 0 Å². The first-order valence-electron chi connectivity index (χ1n) is 6.70. The van der Waals surface area contributed by atoms with Crippen molar-refractivity contribution >= 4 is 17.3 Å². The molecule has 1 rings (SSSR count). The molecule has 0 aliphatic rings. The van der Waals surface area contributed by atoms with Gasteiger partial charge in [0.2, 0.25) is 0 Å². The van der Waals surface area contributed by atoms with Crippen molar-refractivity contribution in [3.05, 3.63) is 29.5 Å². The van der Waals surface area contributed by atoms with Gasteiger partial charge in [-0.05, 0) is 6.07 Å². The summed E-state index contributed by atoms with van der Waals surface area (Å²) in [5, 5.41) is 18.6. The molecule has 0 fully saturated rings. The van der Waals surface area contributed by atoms with E-state index in [2.05, 4.69) is 4.74 Å². The summed E-state index contributed by atoms with van der Waals surface area (Å²) in [6, 6.07) is 3.04. The molecule has 0 spiro atoms. The first kappa shape index (κ1) is 24.8. The number of alkyl halides is 11. The number of ether oxygens (including phenoxy) is 1. The van der Waals surface area contributed by atoms with E-state index in [4.69, 9.17) is 5.21 Å². The molecule has 0 aliphatic carbocycles.